The van der Waals surface area contributed by atoms with Crippen LogP contribution in [-0.2, 0) is 38.1 Å². The maximum absolute atomic E-state index is 12.3. The molecule has 1 saturated heterocycles. The van der Waals surface area contributed by atoms with Crippen molar-refractivity contribution in [2.24, 2.45) is 0 Å². The quantitative estimate of drug-likeness (QED) is 0.221. The van der Waals surface area contributed by atoms with Crippen LogP contribution in [0.15, 0.2) is 60.7 Å². The number of ether oxygens (including phenoxy) is 5. The van der Waals surface area contributed by atoms with Crippen LogP contribution < -0.4 is 4.74 Å². The van der Waals surface area contributed by atoms with Gasteiger partial charge in [-0.05, 0) is 47.5 Å². The van der Waals surface area contributed by atoms with Crippen LogP contribution in [-0.4, -0.2) is 76.5 Å². The number of phenols is 1. The van der Waals surface area contributed by atoms with E-state index in [4.69, 9.17) is 28.8 Å². The van der Waals surface area contributed by atoms with Gasteiger partial charge >= 0.3 is 23.9 Å². The van der Waals surface area contributed by atoms with Crippen LogP contribution in [0.4, 0.5) is 0 Å². The van der Waals surface area contributed by atoms with Crippen LogP contribution in [0.2, 0.25) is 0 Å². The average Bonchev–Trinajstić information content (AvgIpc) is 2.90. The number of aliphatic hydroxyl groups is 1. The van der Waals surface area contributed by atoms with Crippen molar-refractivity contribution in [1.82, 2.24) is 0 Å². The molecule has 12 nitrogen and oxygen atoms in total. The molecule has 0 amide bonds. The third-order valence-corrected chi connectivity index (χ3v) is 5.47. The fraction of sp³-hybridized carbons (Fsp3) is 0.286. The summed E-state index contributed by atoms with van der Waals surface area (Å²) in [6.07, 6.45) is -2.07. The van der Waals surface area contributed by atoms with E-state index in [1.165, 1.54) is 36.4 Å². The fourth-order valence-electron chi connectivity index (χ4n) is 3.69. The van der Waals surface area contributed by atoms with Gasteiger partial charge in [-0.2, -0.15) is 0 Å². The van der Waals surface area contributed by atoms with Crippen molar-refractivity contribution in [2.75, 3.05) is 6.61 Å². The summed E-state index contributed by atoms with van der Waals surface area (Å²) in [7, 11) is 0. The summed E-state index contributed by atoms with van der Waals surface area (Å²) in [5.41, 5.74) is 1.19. The normalized spacial score (nSPS) is 22.5. The predicted octanol–water partition coefficient (Wildman–Crippen LogP) is 2.07. The van der Waals surface area contributed by atoms with Crippen LogP contribution >= 0.6 is 0 Å². The first-order valence-corrected chi connectivity index (χ1v) is 12.0. The van der Waals surface area contributed by atoms with Gasteiger partial charge in [0.15, 0.2) is 6.10 Å². The molecular formula is C28H28O12. The first kappa shape index (κ1) is 29.9. The average molecular weight is 557 g/mol. The Morgan fingerprint density at radius 2 is 1.40 bits per heavy atom. The Balaban J connectivity index is 1.77. The van der Waals surface area contributed by atoms with Gasteiger partial charge in [-0.1, -0.05) is 24.3 Å². The number of esters is 3. The highest BCUT2D eigenvalue weighted by atomic mass is 16.7. The van der Waals surface area contributed by atoms with Crippen molar-refractivity contribution >= 4 is 36.0 Å². The van der Waals surface area contributed by atoms with E-state index in [9.17, 15) is 29.4 Å². The summed E-state index contributed by atoms with van der Waals surface area (Å²) in [5.74, 6) is -3.12. The minimum atomic E-state index is -1.56. The van der Waals surface area contributed by atoms with E-state index in [0.717, 1.165) is 26.0 Å². The number of aliphatic carboxylic acids is 1. The van der Waals surface area contributed by atoms with Gasteiger partial charge in [0, 0.05) is 26.0 Å². The Morgan fingerprint density at radius 3 is 1.98 bits per heavy atom. The summed E-state index contributed by atoms with van der Waals surface area (Å²) in [5, 5.41) is 29.0. The molecule has 0 radical (unpaired) electrons. The second-order valence-corrected chi connectivity index (χ2v) is 8.59. The highest BCUT2D eigenvalue weighted by Crippen LogP contribution is 2.29. The first-order chi connectivity index (χ1) is 19.0. The molecule has 3 N–H and O–H groups in total. The van der Waals surface area contributed by atoms with Crippen LogP contribution in [0.3, 0.4) is 0 Å². The highest BCUT2D eigenvalue weighted by molar-refractivity contribution is 5.87. The van der Waals surface area contributed by atoms with Gasteiger partial charge in [-0.25, -0.2) is 9.59 Å². The molecule has 3 rings (SSSR count). The number of benzene rings is 2. The molecule has 5 atom stereocenters. The number of phenolic OH excluding ortho intramolecular Hbond substituents is 1. The molecule has 40 heavy (non-hydrogen) atoms. The number of aliphatic hydroxyl groups excluding tert-OH is 1. The fourth-order valence-corrected chi connectivity index (χ4v) is 3.69. The van der Waals surface area contributed by atoms with Gasteiger partial charge in [0.2, 0.25) is 12.4 Å². The Morgan fingerprint density at radius 1 is 0.850 bits per heavy atom. The number of aromatic hydroxyl groups is 1. The Hall–Kier alpha value is -4.68. The van der Waals surface area contributed by atoms with Crippen LogP contribution in [0.1, 0.15) is 25.0 Å². The number of hydrogen-bond donors (Lipinski definition) is 3. The molecule has 0 spiro atoms. The molecule has 1 fully saturated rings. The van der Waals surface area contributed by atoms with E-state index in [1.54, 1.807) is 24.3 Å². The van der Waals surface area contributed by atoms with E-state index >= 15 is 0 Å². The number of carboxylic acids is 1. The van der Waals surface area contributed by atoms with Crippen LogP contribution in [0, 0.1) is 0 Å². The monoisotopic (exact) mass is 556 g/mol. The van der Waals surface area contributed by atoms with E-state index < -0.39 is 61.2 Å². The van der Waals surface area contributed by atoms with E-state index in [1.807, 2.05) is 0 Å². The molecule has 0 aliphatic carbocycles. The summed E-state index contributed by atoms with van der Waals surface area (Å²) in [4.78, 5) is 46.6. The van der Waals surface area contributed by atoms with E-state index in [0.29, 0.717) is 11.1 Å². The Labute approximate surface area is 229 Å². The third-order valence-electron chi connectivity index (χ3n) is 5.47. The molecule has 1 aliphatic rings. The third kappa shape index (κ3) is 8.96. The summed E-state index contributed by atoms with van der Waals surface area (Å²) >= 11 is 0. The Kier molecular flexibility index (Phi) is 10.4. The number of hydrogen-bond acceptors (Lipinski definition) is 11. The van der Waals surface area contributed by atoms with Gasteiger partial charge in [-0.3, -0.25) is 9.59 Å². The molecule has 0 bridgehead atoms. The molecule has 2 aromatic carbocycles. The van der Waals surface area contributed by atoms with Crippen molar-refractivity contribution in [3.05, 3.63) is 71.8 Å². The van der Waals surface area contributed by atoms with Gasteiger partial charge in [0.1, 0.15) is 30.3 Å². The largest absolute Gasteiger partial charge is 0.508 e. The van der Waals surface area contributed by atoms with Crippen LogP contribution in [0.25, 0.3) is 12.2 Å². The molecule has 0 saturated carbocycles. The minimum absolute atomic E-state index is 0.0697. The molecule has 0 unspecified atom stereocenters. The lowest BCUT2D eigenvalue weighted by molar-refractivity contribution is -0.285. The maximum atomic E-state index is 12.3. The number of rotatable bonds is 10. The van der Waals surface area contributed by atoms with Gasteiger partial charge in [0.25, 0.3) is 0 Å². The molecule has 1 heterocycles. The maximum Gasteiger partial charge on any atom is 0.330 e. The molecule has 2 aromatic rings. The zero-order valence-corrected chi connectivity index (χ0v) is 21.5. The summed E-state index contributed by atoms with van der Waals surface area (Å²) in [6.45, 7) is 1.75. The number of carbonyl (C=O) groups excluding carboxylic acids is 3. The first-order valence-electron chi connectivity index (χ1n) is 12.0. The molecular weight excluding hydrogens is 528 g/mol. The number of carbonyl (C=O) groups is 4. The Bertz CT molecular complexity index is 1250. The molecule has 0 aromatic heterocycles. The zero-order chi connectivity index (χ0) is 29.2. The minimum Gasteiger partial charge on any atom is -0.508 e. The van der Waals surface area contributed by atoms with Crippen LogP contribution in [0.5, 0.6) is 11.5 Å². The smallest absolute Gasteiger partial charge is 0.330 e. The predicted molar refractivity (Wildman–Crippen MR) is 138 cm³/mol. The van der Waals surface area contributed by atoms with Crippen molar-refractivity contribution in [2.45, 2.75) is 44.6 Å². The molecule has 12 heteroatoms. The lowest BCUT2D eigenvalue weighted by atomic mass is 9.98. The SMILES string of the molecule is CC(=O)O[C@H]1[C@H](Oc2ccc(C=CC(=O)O)cc2)O[C@H](COC(=O)C=Cc2ccc(O)cc2)[C@@H](O)[C@@H]1OC(C)=O. The van der Waals surface area contributed by atoms with Crippen molar-refractivity contribution in [3.8, 4) is 11.5 Å². The second kappa shape index (κ2) is 13.9. The number of carboxylic acid groups (broad SMARTS) is 1. The van der Waals surface area contributed by atoms with E-state index in [-0.39, 0.29) is 11.5 Å². The van der Waals surface area contributed by atoms with Crippen molar-refractivity contribution in [3.63, 3.8) is 0 Å². The summed E-state index contributed by atoms with van der Waals surface area (Å²) < 4.78 is 27.4. The van der Waals surface area contributed by atoms with Gasteiger partial charge in [0.05, 0.1) is 0 Å². The van der Waals surface area contributed by atoms with Crippen molar-refractivity contribution < 1.29 is 58.2 Å². The highest BCUT2D eigenvalue weighted by Gasteiger charge is 2.51. The van der Waals surface area contributed by atoms with Gasteiger partial charge < -0.3 is 39.0 Å². The topological polar surface area (TPSA) is 175 Å². The van der Waals surface area contributed by atoms with Crippen molar-refractivity contribution in [1.29, 1.82) is 0 Å². The second-order valence-electron chi connectivity index (χ2n) is 8.59. The molecule has 212 valence electrons. The standard InChI is InChI=1S/C28H28O12/c1-16(29)37-26-25(35)22(15-36-24(34)14-8-18-3-9-20(31)10-4-18)40-28(27(26)38-17(2)30)39-21-11-5-19(6-12-21)7-13-23(32)33/h3-14,22,25-28,31,35H,15H2,1-2H3,(H,32,33)/t22-,25-,26+,27-,28-/m1/s1. The lowest BCUT2D eigenvalue weighted by Crippen LogP contribution is -2.62. The molecule has 1 aliphatic heterocycles. The summed E-state index contributed by atoms with van der Waals surface area (Å²) in [6, 6.07) is 12.2. The lowest BCUT2D eigenvalue weighted by Gasteiger charge is -2.42. The zero-order valence-electron chi connectivity index (χ0n) is 21.5. The van der Waals surface area contributed by atoms with Gasteiger partial charge in [-0.15, -0.1) is 0 Å². The van der Waals surface area contributed by atoms with E-state index in [2.05, 4.69) is 0 Å².